The van der Waals surface area contributed by atoms with Crippen LogP contribution in [0.1, 0.15) is 30.1 Å². The molecule has 0 bridgehead atoms. The summed E-state index contributed by atoms with van der Waals surface area (Å²) in [6.07, 6.45) is -0.132. The Morgan fingerprint density at radius 2 is 2.20 bits per heavy atom. The Hall–Kier alpha value is -1.30. The van der Waals surface area contributed by atoms with Crippen molar-refractivity contribution in [2.24, 2.45) is 5.92 Å². The average molecular weight is 307 g/mol. The van der Waals surface area contributed by atoms with Crippen LogP contribution in [0.25, 0.3) is 0 Å². The van der Waals surface area contributed by atoms with Crippen molar-refractivity contribution < 1.29 is 18.0 Å². The Kier molecular flexibility index (Phi) is 4.22. The number of carbonyl (C=O) groups excluding carboxylic acids is 1. The van der Waals surface area contributed by atoms with E-state index in [1.807, 2.05) is 0 Å². The van der Waals surface area contributed by atoms with Crippen molar-refractivity contribution in [3.63, 3.8) is 0 Å². The third-order valence-electron chi connectivity index (χ3n) is 3.41. The molecule has 1 saturated carbocycles. The lowest BCUT2D eigenvalue weighted by Gasteiger charge is -2.30. The van der Waals surface area contributed by atoms with Crippen LogP contribution in [-0.4, -0.2) is 34.6 Å². The maximum Gasteiger partial charge on any atom is 0.406 e. The van der Waals surface area contributed by atoms with Gasteiger partial charge in [0.25, 0.3) is 5.91 Å². The lowest BCUT2D eigenvalue weighted by molar-refractivity contribution is -0.144. The first kappa shape index (κ1) is 15.1. The number of pyridine rings is 1. The Balaban J connectivity index is 2.25. The predicted molar refractivity (Wildman–Crippen MR) is 68.5 cm³/mol. The van der Waals surface area contributed by atoms with Crippen LogP contribution in [0.2, 0.25) is 5.02 Å². The molecule has 0 N–H and O–H groups in total. The maximum absolute atomic E-state index is 12.7. The molecule has 2 rings (SSSR count). The highest BCUT2D eigenvalue weighted by Gasteiger charge is 2.41. The maximum atomic E-state index is 12.7. The fraction of sp³-hybridized carbons (Fsp3) is 0.538. The molecule has 1 atom stereocenters. The molecule has 7 heteroatoms. The minimum atomic E-state index is -4.43. The molecular weight excluding hydrogens is 293 g/mol. The van der Waals surface area contributed by atoms with Crippen molar-refractivity contribution >= 4 is 17.5 Å². The third kappa shape index (κ3) is 3.62. The van der Waals surface area contributed by atoms with Crippen LogP contribution in [-0.2, 0) is 0 Å². The molecule has 0 aromatic carbocycles. The van der Waals surface area contributed by atoms with E-state index in [4.69, 9.17) is 11.6 Å². The molecule has 1 aliphatic rings. The minimum Gasteiger partial charge on any atom is -0.327 e. The van der Waals surface area contributed by atoms with Crippen molar-refractivity contribution in [2.75, 3.05) is 6.54 Å². The van der Waals surface area contributed by atoms with Crippen LogP contribution >= 0.6 is 11.6 Å². The topological polar surface area (TPSA) is 33.2 Å². The number of hydrogen-bond acceptors (Lipinski definition) is 2. The molecule has 1 heterocycles. The van der Waals surface area contributed by atoms with E-state index in [9.17, 15) is 18.0 Å². The molecule has 0 unspecified atom stereocenters. The summed E-state index contributed by atoms with van der Waals surface area (Å²) in [5.74, 6) is -0.559. The van der Waals surface area contributed by atoms with Gasteiger partial charge >= 0.3 is 6.18 Å². The number of alkyl halides is 3. The minimum absolute atomic E-state index is 0.0541. The Morgan fingerprint density at radius 1 is 1.55 bits per heavy atom. The molecule has 0 spiro atoms. The summed E-state index contributed by atoms with van der Waals surface area (Å²) in [4.78, 5) is 16.9. The second kappa shape index (κ2) is 5.60. The number of nitrogens with zero attached hydrogens (tertiary/aromatic N) is 2. The van der Waals surface area contributed by atoms with E-state index >= 15 is 0 Å². The average Bonchev–Trinajstić information content (AvgIpc) is 3.18. The second-order valence-electron chi connectivity index (χ2n) is 4.98. The quantitative estimate of drug-likeness (QED) is 0.852. The molecule has 1 aromatic heterocycles. The van der Waals surface area contributed by atoms with Crippen LogP contribution < -0.4 is 0 Å². The zero-order valence-electron chi connectivity index (χ0n) is 10.8. The van der Waals surface area contributed by atoms with Crippen molar-refractivity contribution in [3.05, 3.63) is 29.0 Å². The molecule has 20 heavy (non-hydrogen) atoms. The highest BCUT2D eigenvalue weighted by atomic mass is 35.5. The third-order valence-corrected chi connectivity index (χ3v) is 3.71. The fourth-order valence-electron chi connectivity index (χ4n) is 2.13. The van der Waals surface area contributed by atoms with Crippen molar-refractivity contribution in [2.45, 2.75) is 32.0 Å². The van der Waals surface area contributed by atoms with E-state index in [1.165, 1.54) is 18.5 Å². The number of hydrogen-bond donors (Lipinski definition) is 0. The van der Waals surface area contributed by atoms with Crippen LogP contribution in [0.3, 0.4) is 0 Å². The van der Waals surface area contributed by atoms with Crippen LogP contribution in [0, 0.1) is 5.92 Å². The van der Waals surface area contributed by atoms with Crippen LogP contribution in [0.15, 0.2) is 18.5 Å². The molecule has 1 aliphatic carbocycles. The number of halogens is 4. The fourth-order valence-corrected chi connectivity index (χ4v) is 2.33. The summed E-state index contributed by atoms with van der Waals surface area (Å²) in [7, 11) is 0. The molecule has 0 saturated heterocycles. The van der Waals surface area contributed by atoms with Gasteiger partial charge in [0.1, 0.15) is 6.54 Å². The molecule has 1 fully saturated rings. The number of amides is 1. The summed E-state index contributed by atoms with van der Waals surface area (Å²) >= 11 is 5.84. The van der Waals surface area contributed by atoms with Gasteiger partial charge in [-0.05, 0) is 31.7 Å². The summed E-state index contributed by atoms with van der Waals surface area (Å²) in [6, 6.07) is 0.890. The lowest BCUT2D eigenvalue weighted by Crippen LogP contribution is -2.45. The largest absolute Gasteiger partial charge is 0.406 e. The second-order valence-corrected chi connectivity index (χ2v) is 5.39. The van der Waals surface area contributed by atoms with E-state index in [2.05, 4.69) is 4.98 Å². The molecule has 1 aromatic rings. The first-order valence-electron chi connectivity index (χ1n) is 6.27. The summed E-state index contributed by atoms with van der Waals surface area (Å²) in [5, 5.41) is 0.0627. The Bertz CT molecular complexity index is 503. The van der Waals surface area contributed by atoms with Gasteiger partial charge in [-0.1, -0.05) is 11.6 Å². The van der Waals surface area contributed by atoms with Crippen molar-refractivity contribution in [1.29, 1.82) is 0 Å². The van der Waals surface area contributed by atoms with E-state index in [1.54, 1.807) is 6.92 Å². The number of aromatic nitrogens is 1. The summed E-state index contributed by atoms with van der Waals surface area (Å²) < 4.78 is 38.1. The van der Waals surface area contributed by atoms with Crippen LogP contribution in [0.4, 0.5) is 13.2 Å². The first-order chi connectivity index (χ1) is 9.29. The van der Waals surface area contributed by atoms with Crippen LogP contribution in [0.5, 0.6) is 0 Å². The zero-order chi connectivity index (χ0) is 14.9. The first-order valence-corrected chi connectivity index (χ1v) is 6.64. The van der Waals surface area contributed by atoms with E-state index < -0.39 is 24.7 Å². The predicted octanol–water partition coefficient (Wildman–Crippen LogP) is 3.54. The van der Waals surface area contributed by atoms with E-state index in [-0.39, 0.29) is 16.5 Å². The summed E-state index contributed by atoms with van der Waals surface area (Å²) in [5.41, 5.74) is 0.0541. The van der Waals surface area contributed by atoms with Crippen molar-refractivity contribution in [1.82, 2.24) is 9.88 Å². The highest BCUT2D eigenvalue weighted by molar-refractivity contribution is 6.33. The van der Waals surface area contributed by atoms with E-state index in [0.717, 1.165) is 17.7 Å². The molecular formula is C13H14ClF3N2O. The molecule has 0 radical (unpaired) electrons. The van der Waals surface area contributed by atoms with Crippen molar-refractivity contribution in [3.8, 4) is 0 Å². The SMILES string of the molecule is C[C@@H](C1CC1)N(CC(F)(F)F)C(=O)c1ccncc1Cl. The number of rotatable bonds is 4. The van der Waals surface area contributed by atoms with Gasteiger partial charge in [0.2, 0.25) is 0 Å². The van der Waals surface area contributed by atoms with Gasteiger partial charge in [-0.15, -0.1) is 0 Å². The Labute approximate surface area is 119 Å². The smallest absolute Gasteiger partial charge is 0.327 e. The molecule has 0 aliphatic heterocycles. The highest BCUT2D eigenvalue weighted by Crippen LogP contribution is 2.37. The van der Waals surface area contributed by atoms with Gasteiger partial charge in [0, 0.05) is 18.4 Å². The normalized spacial score (nSPS) is 16.9. The van der Waals surface area contributed by atoms with Gasteiger partial charge < -0.3 is 4.90 Å². The summed E-state index contributed by atoms with van der Waals surface area (Å²) in [6.45, 7) is 0.387. The van der Waals surface area contributed by atoms with Gasteiger partial charge in [-0.2, -0.15) is 13.2 Å². The molecule has 3 nitrogen and oxygen atoms in total. The van der Waals surface area contributed by atoms with Gasteiger partial charge in [-0.25, -0.2) is 0 Å². The van der Waals surface area contributed by atoms with Gasteiger partial charge in [0.05, 0.1) is 10.6 Å². The lowest BCUT2D eigenvalue weighted by atomic mass is 10.1. The Morgan fingerprint density at radius 3 is 2.70 bits per heavy atom. The van der Waals surface area contributed by atoms with Gasteiger partial charge in [-0.3, -0.25) is 9.78 Å². The van der Waals surface area contributed by atoms with Gasteiger partial charge in [0.15, 0.2) is 0 Å². The zero-order valence-corrected chi connectivity index (χ0v) is 11.6. The molecule has 110 valence electrons. The van der Waals surface area contributed by atoms with E-state index in [0.29, 0.717) is 0 Å². The molecule has 1 amide bonds. The standard InChI is InChI=1S/C13H14ClF3N2O/c1-8(9-2-3-9)19(7-13(15,16)17)12(20)10-4-5-18-6-11(10)14/h4-6,8-9H,2-3,7H2,1H3/t8-/m0/s1. The number of carbonyl (C=O) groups is 1. The monoisotopic (exact) mass is 306 g/mol.